The molecule has 18 heavy (non-hydrogen) atoms. The summed E-state index contributed by atoms with van der Waals surface area (Å²) in [5, 5.41) is -19.3. The molecule has 0 fully saturated rings. The predicted molar refractivity (Wildman–Crippen MR) is 40.0 cm³/mol. The fraction of sp³-hybridized carbons (Fsp3) is 1.00. The molecular formula is C4HF9O3S2. The van der Waals surface area contributed by atoms with Crippen molar-refractivity contribution in [1.29, 1.82) is 0 Å². The van der Waals surface area contributed by atoms with Crippen molar-refractivity contribution in [3.8, 4) is 0 Å². The molecule has 0 aromatic carbocycles. The molecule has 0 aliphatic carbocycles. The molecule has 0 aliphatic heterocycles. The second-order valence-corrected chi connectivity index (χ2v) is 5.32. The van der Waals surface area contributed by atoms with Gasteiger partial charge < -0.3 is 0 Å². The lowest BCUT2D eigenvalue weighted by Crippen LogP contribution is -2.48. The molecule has 0 atom stereocenters. The van der Waals surface area contributed by atoms with Crippen LogP contribution in [0, 0.1) is 0 Å². The van der Waals surface area contributed by atoms with Crippen molar-refractivity contribution < 1.29 is 52.5 Å². The highest BCUT2D eigenvalue weighted by Gasteiger charge is 2.73. The highest BCUT2D eigenvalue weighted by Crippen LogP contribution is 2.56. The Labute approximate surface area is 97.1 Å². The second kappa shape index (κ2) is 4.33. The summed E-state index contributed by atoms with van der Waals surface area (Å²) in [5.41, 5.74) is 0. The van der Waals surface area contributed by atoms with Crippen LogP contribution in [0.25, 0.3) is 0 Å². The first-order valence-electron chi connectivity index (χ1n) is 3.33. The average Bonchev–Trinajstić information content (AvgIpc) is 1.96. The van der Waals surface area contributed by atoms with Gasteiger partial charge in [0.25, 0.3) is 0 Å². The lowest BCUT2D eigenvalue weighted by molar-refractivity contribution is -0.240. The van der Waals surface area contributed by atoms with E-state index in [2.05, 4.69) is 0 Å². The summed E-state index contributed by atoms with van der Waals surface area (Å²) < 4.78 is 135. The number of hydrogen-bond donors (Lipinski definition) is 1. The Morgan fingerprint density at radius 1 is 0.778 bits per heavy atom. The summed E-state index contributed by atoms with van der Waals surface area (Å²) in [6.07, 6.45) is -6.61. The average molecular weight is 332 g/mol. The number of alkyl halides is 9. The number of rotatable bonds is 4. The monoisotopic (exact) mass is 332 g/mol. The van der Waals surface area contributed by atoms with E-state index in [4.69, 9.17) is 4.55 Å². The van der Waals surface area contributed by atoms with Crippen molar-refractivity contribution in [3.05, 3.63) is 0 Å². The molecule has 0 spiro atoms. The Morgan fingerprint density at radius 3 is 1.33 bits per heavy atom. The van der Waals surface area contributed by atoms with Crippen molar-refractivity contribution in [2.45, 2.75) is 21.9 Å². The molecule has 110 valence electrons. The van der Waals surface area contributed by atoms with Crippen molar-refractivity contribution >= 4 is 21.9 Å². The SMILES string of the molecule is O=S(=O)(O)C(F)(F)C(F)(F)SC(F)(F)C(F)(F)F. The van der Waals surface area contributed by atoms with Crippen LogP contribution in [-0.2, 0) is 10.1 Å². The first-order chi connectivity index (χ1) is 7.46. The third-order valence-corrected chi connectivity index (χ3v) is 3.28. The molecule has 0 saturated carbocycles. The summed E-state index contributed by atoms with van der Waals surface area (Å²) in [5.74, 6) is 0. The van der Waals surface area contributed by atoms with Gasteiger partial charge in [0.1, 0.15) is 0 Å². The van der Waals surface area contributed by atoms with Crippen molar-refractivity contribution in [2.24, 2.45) is 0 Å². The summed E-state index contributed by atoms with van der Waals surface area (Å²) >= 11 is -2.94. The lowest BCUT2D eigenvalue weighted by atomic mass is 10.7. The van der Waals surface area contributed by atoms with Crippen molar-refractivity contribution in [2.75, 3.05) is 0 Å². The first-order valence-corrected chi connectivity index (χ1v) is 5.59. The number of hydrogen-bond acceptors (Lipinski definition) is 3. The molecule has 0 aromatic rings. The molecule has 0 saturated heterocycles. The van der Waals surface area contributed by atoms with E-state index in [0.29, 0.717) is 0 Å². The van der Waals surface area contributed by atoms with Crippen LogP contribution in [0.1, 0.15) is 0 Å². The van der Waals surface area contributed by atoms with E-state index in [-0.39, 0.29) is 0 Å². The number of halogens is 9. The van der Waals surface area contributed by atoms with Crippen LogP contribution in [0.3, 0.4) is 0 Å². The summed E-state index contributed by atoms with van der Waals surface area (Å²) in [4.78, 5) is 0. The first kappa shape index (κ1) is 17.6. The zero-order valence-corrected chi connectivity index (χ0v) is 9.11. The Bertz CT molecular complexity index is 410. The van der Waals surface area contributed by atoms with Gasteiger partial charge in [-0.3, -0.25) is 4.55 Å². The van der Waals surface area contributed by atoms with Crippen LogP contribution in [0.2, 0.25) is 0 Å². The summed E-state index contributed by atoms with van der Waals surface area (Å²) in [6, 6.07) is 0. The molecule has 0 unspecified atom stereocenters. The standard InChI is InChI=1S/C4HF9O3S2/c5-1(6,7)2(8,9)17-3(10,11)4(12,13)18(14,15)16/h(H,14,15,16). The van der Waals surface area contributed by atoms with Gasteiger partial charge in [0.05, 0.1) is 0 Å². The molecule has 14 heteroatoms. The van der Waals surface area contributed by atoms with Gasteiger partial charge in [0.2, 0.25) is 0 Å². The summed E-state index contributed by atoms with van der Waals surface area (Å²) in [7, 11) is -6.88. The van der Waals surface area contributed by atoms with Crippen LogP contribution >= 0.6 is 11.8 Å². The minimum atomic E-state index is -6.88. The topological polar surface area (TPSA) is 54.4 Å². The Hall–Kier alpha value is -0.370. The minimum absolute atomic E-state index is 2.94. The van der Waals surface area contributed by atoms with Gasteiger partial charge >= 0.3 is 32.1 Å². The Balaban J connectivity index is 5.47. The smallest absolute Gasteiger partial charge is 0.281 e. The van der Waals surface area contributed by atoms with Gasteiger partial charge in [-0.2, -0.15) is 47.9 Å². The fourth-order valence-corrected chi connectivity index (χ4v) is 1.73. The predicted octanol–water partition coefficient (Wildman–Crippen LogP) is 2.95. The molecule has 0 bridgehead atoms. The zero-order valence-electron chi connectivity index (χ0n) is 7.48. The molecule has 0 radical (unpaired) electrons. The zero-order chi connectivity index (χ0) is 15.2. The molecule has 0 heterocycles. The van der Waals surface area contributed by atoms with Crippen LogP contribution in [0.4, 0.5) is 39.5 Å². The molecule has 0 aromatic heterocycles. The van der Waals surface area contributed by atoms with Gasteiger partial charge in [-0.15, -0.1) is 0 Å². The Kier molecular flexibility index (Phi) is 4.24. The third kappa shape index (κ3) is 3.14. The summed E-state index contributed by atoms with van der Waals surface area (Å²) in [6.45, 7) is 0. The van der Waals surface area contributed by atoms with Crippen LogP contribution < -0.4 is 0 Å². The third-order valence-electron chi connectivity index (χ3n) is 1.25. The van der Waals surface area contributed by atoms with E-state index in [1.54, 1.807) is 0 Å². The molecule has 0 rings (SSSR count). The normalized spacial score (nSPS) is 15.9. The van der Waals surface area contributed by atoms with Gasteiger partial charge in [-0.05, 0) is 0 Å². The van der Waals surface area contributed by atoms with E-state index in [1.807, 2.05) is 0 Å². The molecular weight excluding hydrogens is 331 g/mol. The molecule has 0 amide bonds. The molecule has 3 nitrogen and oxygen atoms in total. The van der Waals surface area contributed by atoms with Gasteiger partial charge in [-0.25, -0.2) is 0 Å². The van der Waals surface area contributed by atoms with Crippen LogP contribution in [0.15, 0.2) is 0 Å². The number of thioether (sulfide) groups is 1. The molecule has 0 aliphatic rings. The minimum Gasteiger partial charge on any atom is -0.281 e. The fourth-order valence-electron chi connectivity index (χ4n) is 0.428. The maximum Gasteiger partial charge on any atom is 0.464 e. The largest absolute Gasteiger partial charge is 0.464 e. The highest BCUT2D eigenvalue weighted by atomic mass is 32.2. The maximum atomic E-state index is 12.4. The van der Waals surface area contributed by atoms with E-state index in [0.717, 1.165) is 0 Å². The van der Waals surface area contributed by atoms with Crippen molar-refractivity contribution in [3.63, 3.8) is 0 Å². The van der Waals surface area contributed by atoms with E-state index in [1.165, 1.54) is 0 Å². The second-order valence-electron chi connectivity index (χ2n) is 2.63. The van der Waals surface area contributed by atoms with E-state index >= 15 is 0 Å². The van der Waals surface area contributed by atoms with Gasteiger partial charge in [-0.1, -0.05) is 0 Å². The van der Waals surface area contributed by atoms with Crippen LogP contribution in [0.5, 0.6) is 0 Å². The van der Waals surface area contributed by atoms with E-state index in [9.17, 15) is 47.9 Å². The quantitative estimate of drug-likeness (QED) is 0.635. The van der Waals surface area contributed by atoms with Crippen molar-refractivity contribution in [1.82, 2.24) is 0 Å². The van der Waals surface area contributed by atoms with Gasteiger partial charge in [0.15, 0.2) is 0 Å². The lowest BCUT2D eigenvalue weighted by Gasteiger charge is -2.27. The molecule has 1 N–H and O–H groups in total. The van der Waals surface area contributed by atoms with Gasteiger partial charge in [0, 0.05) is 11.8 Å². The maximum absolute atomic E-state index is 12.4. The highest BCUT2D eigenvalue weighted by molar-refractivity contribution is 8.02. The van der Waals surface area contributed by atoms with E-state index < -0.39 is 43.8 Å². The Morgan fingerprint density at radius 2 is 1.11 bits per heavy atom. The van der Waals surface area contributed by atoms with Crippen LogP contribution in [-0.4, -0.2) is 34.9 Å².